The van der Waals surface area contributed by atoms with Gasteiger partial charge in [-0.25, -0.2) is 4.79 Å². The monoisotopic (exact) mass is 305 g/mol. The molecule has 3 rings (SSSR count). The number of anilines is 1. The van der Waals surface area contributed by atoms with Crippen LogP contribution in [0.1, 0.15) is 21.6 Å². The maximum atomic E-state index is 11.3. The second kappa shape index (κ2) is 5.85. The molecule has 114 valence electrons. The molecule has 0 aliphatic rings. The van der Waals surface area contributed by atoms with Crippen molar-refractivity contribution in [3.8, 4) is 6.07 Å². The maximum Gasteiger partial charge on any atom is 0.337 e. The zero-order valence-corrected chi connectivity index (χ0v) is 12.6. The molecule has 0 spiro atoms. The van der Waals surface area contributed by atoms with Gasteiger partial charge in [0.05, 0.1) is 23.4 Å². The molecule has 5 nitrogen and oxygen atoms in total. The topological polar surface area (TPSA) is 78.1 Å². The standard InChI is InChI=1S/C18H15N3O2/c1-21-16-9-5-3-6-12(16)14(10-19)17(21)11-20-15-8-4-2-7-13(15)18(22)23/h2-9,20H,11H2,1H3,(H,22,23). The number of aryl methyl sites for hydroxylation is 1. The second-order valence-electron chi connectivity index (χ2n) is 5.21. The number of carboxylic acid groups (broad SMARTS) is 1. The zero-order valence-electron chi connectivity index (χ0n) is 12.6. The van der Waals surface area contributed by atoms with E-state index in [-0.39, 0.29) is 5.56 Å². The molecule has 1 aromatic heterocycles. The van der Waals surface area contributed by atoms with Gasteiger partial charge in [-0.05, 0) is 18.2 Å². The number of aromatic carboxylic acids is 1. The maximum absolute atomic E-state index is 11.3. The number of nitriles is 1. The number of nitrogens with zero attached hydrogens (tertiary/aromatic N) is 2. The number of fused-ring (bicyclic) bond motifs is 1. The summed E-state index contributed by atoms with van der Waals surface area (Å²) in [6.07, 6.45) is 0. The smallest absolute Gasteiger partial charge is 0.337 e. The Bertz CT molecular complexity index is 935. The molecule has 2 N–H and O–H groups in total. The van der Waals surface area contributed by atoms with Gasteiger partial charge in [-0.3, -0.25) is 0 Å². The molecule has 0 saturated heterocycles. The van der Waals surface area contributed by atoms with Crippen molar-refractivity contribution >= 4 is 22.6 Å². The largest absolute Gasteiger partial charge is 0.478 e. The highest BCUT2D eigenvalue weighted by atomic mass is 16.4. The van der Waals surface area contributed by atoms with Crippen LogP contribution in [0.25, 0.3) is 10.9 Å². The molecular weight excluding hydrogens is 290 g/mol. The van der Waals surface area contributed by atoms with Crippen molar-refractivity contribution in [1.82, 2.24) is 4.57 Å². The third kappa shape index (κ3) is 2.51. The van der Waals surface area contributed by atoms with E-state index in [4.69, 9.17) is 0 Å². The van der Waals surface area contributed by atoms with E-state index in [2.05, 4.69) is 11.4 Å². The average molecular weight is 305 g/mol. The van der Waals surface area contributed by atoms with E-state index >= 15 is 0 Å². The van der Waals surface area contributed by atoms with Gasteiger partial charge in [0, 0.05) is 23.6 Å². The van der Waals surface area contributed by atoms with Gasteiger partial charge in [-0.2, -0.15) is 5.26 Å². The van der Waals surface area contributed by atoms with Gasteiger partial charge in [-0.1, -0.05) is 30.3 Å². The molecule has 0 fully saturated rings. The lowest BCUT2D eigenvalue weighted by molar-refractivity contribution is 0.0698. The minimum atomic E-state index is -0.981. The van der Waals surface area contributed by atoms with Gasteiger partial charge in [0.25, 0.3) is 0 Å². The molecule has 5 heteroatoms. The molecule has 0 aliphatic heterocycles. The van der Waals surface area contributed by atoms with E-state index in [0.717, 1.165) is 16.6 Å². The Morgan fingerprint density at radius 3 is 2.65 bits per heavy atom. The van der Waals surface area contributed by atoms with Gasteiger partial charge in [-0.15, -0.1) is 0 Å². The first kappa shape index (κ1) is 14.7. The van der Waals surface area contributed by atoms with Crippen LogP contribution in [0.15, 0.2) is 48.5 Å². The van der Waals surface area contributed by atoms with Gasteiger partial charge in [0.1, 0.15) is 6.07 Å². The Kier molecular flexibility index (Phi) is 3.73. The summed E-state index contributed by atoms with van der Waals surface area (Å²) in [6, 6.07) is 16.7. The van der Waals surface area contributed by atoms with Crippen LogP contribution >= 0.6 is 0 Å². The average Bonchev–Trinajstić information content (AvgIpc) is 2.85. The van der Waals surface area contributed by atoms with Gasteiger partial charge < -0.3 is 15.0 Å². The number of carboxylic acids is 1. The summed E-state index contributed by atoms with van der Waals surface area (Å²) in [5.41, 5.74) is 3.17. The lowest BCUT2D eigenvalue weighted by Crippen LogP contribution is -2.09. The summed E-state index contributed by atoms with van der Waals surface area (Å²) in [4.78, 5) is 11.3. The lowest BCUT2D eigenvalue weighted by atomic mass is 10.1. The highest BCUT2D eigenvalue weighted by Crippen LogP contribution is 2.26. The number of aromatic nitrogens is 1. The van der Waals surface area contributed by atoms with Crippen LogP contribution in [-0.2, 0) is 13.6 Å². The predicted octanol–water partition coefficient (Wildman–Crippen LogP) is 3.36. The van der Waals surface area contributed by atoms with Crippen molar-refractivity contribution in [3.63, 3.8) is 0 Å². The van der Waals surface area contributed by atoms with Crippen molar-refractivity contribution in [1.29, 1.82) is 5.26 Å². The summed E-state index contributed by atoms with van der Waals surface area (Å²) in [7, 11) is 1.91. The van der Waals surface area contributed by atoms with E-state index in [1.807, 2.05) is 35.9 Å². The predicted molar refractivity (Wildman–Crippen MR) is 88.4 cm³/mol. The van der Waals surface area contributed by atoms with Gasteiger partial charge in [0.2, 0.25) is 0 Å². The molecular formula is C18H15N3O2. The minimum absolute atomic E-state index is 0.213. The third-order valence-electron chi connectivity index (χ3n) is 3.94. The van der Waals surface area contributed by atoms with E-state index in [0.29, 0.717) is 17.8 Å². The fourth-order valence-electron chi connectivity index (χ4n) is 2.78. The van der Waals surface area contributed by atoms with E-state index in [9.17, 15) is 15.2 Å². The highest BCUT2D eigenvalue weighted by Gasteiger charge is 2.15. The molecule has 0 amide bonds. The quantitative estimate of drug-likeness (QED) is 0.774. The summed E-state index contributed by atoms with van der Waals surface area (Å²) < 4.78 is 1.96. The molecule has 23 heavy (non-hydrogen) atoms. The third-order valence-corrected chi connectivity index (χ3v) is 3.94. The Hall–Kier alpha value is -3.26. The van der Waals surface area contributed by atoms with Crippen molar-refractivity contribution in [2.45, 2.75) is 6.54 Å². The summed E-state index contributed by atoms with van der Waals surface area (Å²) in [5.74, 6) is -0.981. The first-order chi connectivity index (χ1) is 11.1. The van der Waals surface area contributed by atoms with Crippen LogP contribution in [0.3, 0.4) is 0 Å². The molecule has 0 radical (unpaired) electrons. The highest BCUT2D eigenvalue weighted by molar-refractivity contribution is 5.94. The fraction of sp³-hybridized carbons (Fsp3) is 0.111. The number of rotatable bonds is 4. The van der Waals surface area contributed by atoms with Crippen LogP contribution < -0.4 is 5.32 Å². The molecule has 1 heterocycles. The molecule has 3 aromatic rings. The molecule has 2 aromatic carbocycles. The Morgan fingerprint density at radius 2 is 1.91 bits per heavy atom. The minimum Gasteiger partial charge on any atom is -0.478 e. The first-order valence-corrected chi connectivity index (χ1v) is 7.16. The number of nitrogens with one attached hydrogen (secondary N) is 1. The van der Waals surface area contributed by atoms with E-state index < -0.39 is 5.97 Å². The number of carbonyl (C=O) groups is 1. The van der Waals surface area contributed by atoms with Crippen LogP contribution in [-0.4, -0.2) is 15.6 Å². The number of hydrogen-bond donors (Lipinski definition) is 2. The van der Waals surface area contributed by atoms with Crippen LogP contribution in [0.2, 0.25) is 0 Å². The normalized spacial score (nSPS) is 10.4. The summed E-state index contributed by atoms with van der Waals surface area (Å²) in [6.45, 7) is 0.373. The number of benzene rings is 2. The Labute approximate surface area is 133 Å². The Morgan fingerprint density at radius 1 is 1.22 bits per heavy atom. The van der Waals surface area contributed by atoms with Crippen LogP contribution in [0.5, 0.6) is 0 Å². The van der Waals surface area contributed by atoms with Crippen molar-refractivity contribution in [2.24, 2.45) is 7.05 Å². The molecule has 0 aliphatic carbocycles. The van der Waals surface area contributed by atoms with E-state index in [1.165, 1.54) is 0 Å². The molecule has 0 atom stereocenters. The van der Waals surface area contributed by atoms with Crippen molar-refractivity contribution in [3.05, 3.63) is 65.4 Å². The fourth-order valence-corrected chi connectivity index (χ4v) is 2.78. The van der Waals surface area contributed by atoms with Crippen LogP contribution in [0, 0.1) is 11.3 Å². The molecule has 0 unspecified atom stereocenters. The Balaban J connectivity index is 1.99. The van der Waals surface area contributed by atoms with E-state index in [1.54, 1.807) is 24.3 Å². The summed E-state index contributed by atoms with van der Waals surface area (Å²) in [5, 5.41) is 22.8. The SMILES string of the molecule is Cn1c(CNc2ccccc2C(=O)O)c(C#N)c2ccccc21. The number of hydrogen-bond acceptors (Lipinski definition) is 3. The second-order valence-corrected chi connectivity index (χ2v) is 5.21. The molecule has 0 bridgehead atoms. The zero-order chi connectivity index (χ0) is 16.4. The van der Waals surface area contributed by atoms with Crippen LogP contribution in [0.4, 0.5) is 5.69 Å². The van der Waals surface area contributed by atoms with Gasteiger partial charge in [0.15, 0.2) is 0 Å². The lowest BCUT2D eigenvalue weighted by Gasteiger charge is -2.11. The van der Waals surface area contributed by atoms with Crippen molar-refractivity contribution in [2.75, 3.05) is 5.32 Å². The first-order valence-electron chi connectivity index (χ1n) is 7.16. The number of para-hydroxylation sites is 2. The van der Waals surface area contributed by atoms with Gasteiger partial charge >= 0.3 is 5.97 Å². The van der Waals surface area contributed by atoms with Crippen molar-refractivity contribution < 1.29 is 9.90 Å². The molecule has 0 saturated carbocycles. The summed E-state index contributed by atoms with van der Waals surface area (Å²) >= 11 is 0.